The van der Waals surface area contributed by atoms with Crippen LogP contribution in [-0.2, 0) is 14.3 Å². The largest absolute Gasteiger partial charge is 0.482 e. The van der Waals surface area contributed by atoms with Crippen molar-refractivity contribution < 1.29 is 19.1 Å². The van der Waals surface area contributed by atoms with Crippen LogP contribution in [0.25, 0.3) is 0 Å². The first-order valence-corrected chi connectivity index (χ1v) is 9.53. The molecule has 1 fully saturated rings. The Morgan fingerprint density at radius 1 is 1.00 bits per heavy atom. The van der Waals surface area contributed by atoms with Crippen molar-refractivity contribution in [1.29, 1.82) is 0 Å². The van der Waals surface area contributed by atoms with E-state index in [1.807, 2.05) is 25.1 Å². The molecule has 1 aliphatic rings. The van der Waals surface area contributed by atoms with Crippen LogP contribution in [0.4, 0.5) is 5.69 Å². The molecule has 1 heterocycles. The van der Waals surface area contributed by atoms with Crippen LogP contribution in [0.3, 0.4) is 0 Å². The third kappa shape index (κ3) is 5.39. The number of ether oxygens (including phenoxy) is 2. The highest BCUT2D eigenvalue weighted by molar-refractivity contribution is 6.31. The van der Waals surface area contributed by atoms with Crippen molar-refractivity contribution in [1.82, 2.24) is 4.90 Å². The normalized spacial score (nSPS) is 13.9. The van der Waals surface area contributed by atoms with E-state index in [4.69, 9.17) is 21.1 Å². The summed E-state index contributed by atoms with van der Waals surface area (Å²) in [5.41, 5.74) is 2.01. The first kappa shape index (κ1) is 20.0. The standard InChI is InChI=1S/C21H23ClN2O4/c1-16-13-18(7-8-19(16)22)27-15-21(26)28-14-20(25)24-11-9-23(10-12-24)17-5-3-2-4-6-17/h2-8,13H,9-12,14-15H2,1H3. The number of benzene rings is 2. The van der Waals surface area contributed by atoms with Crippen molar-refractivity contribution in [3.63, 3.8) is 0 Å². The summed E-state index contributed by atoms with van der Waals surface area (Å²) in [4.78, 5) is 28.1. The number of carbonyl (C=O) groups is 2. The number of carbonyl (C=O) groups excluding carboxylic acids is 2. The van der Waals surface area contributed by atoms with Crippen LogP contribution in [0.1, 0.15) is 5.56 Å². The lowest BCUT2D eigenvalue weighted by Gasteiger charge is -2.36. The monoisotopic (exact) mass is 402 g/mol. The van der Waals surface area contributed by atoms with Crippen molar-refractivity contribution >= 4 is 29.2 Å². The van der Waals surface area contributed by atoms with Gasteiger partial charge in [0.25, 0.3) is 5.91 Å². The number of hydrogen-bond acceptors (Lipinski definition) is 5. The van der Waals surface area contributed by atoms with Gasteiger partial charge in [0.15, 0.2) is 13.2 Å². The van der Waals surface area contributed by atoms with Gasteiger partial charge in [0.1, 0.15) is 5.75 Å². The van der Waals surface area contributed by atoms with Gasteiger partial charge in [-0.3, -0.25) is 4.79 Å². The molecular formula is C21H23ClN2O4. The number of aryl methyl sites for hydroxylation is 1. The second-order valence-electron chi connectivity index (χ2n) is 6.56. The Hall–Kier alpha value is -2.73. The number of halogens is 1. The molecule has 2 aromatic rings. The minimum atomic E-state index is -0.580. The second kappa shape index (κ2) is 9.46. The molecule has 0 spiro atoms. The molecule has 0 radical (unpaired) electrons. The molecule has 0 aliphatic carbocycles. The van der Waals surface area contributed by atoms with Crippen LogP contribution in [0.15, 0.2) is 48.5 Å². The highest BCUT2D eigenvalue weighted by atomic mass is 35.5. The average Bonchev–Trinajstić information content (AvgIpc) is 2.73. The highest BCUT2D eigenvalue weighted by Gasteiger charge is 2.22. The van der Waals surface area contributed by atoms with Crippen LogP contribution < -0.4 is 9.64 Å². The Bertz CT molecular complexity index is 820. The quantitative estimate of drug-likeness (QED) is 0.695. The van der Waals surface area contributed by atoms with Crippen LogP contribution in [0.5, 0.6) is 5.75 Å². The Morgan fingerprint density at radius 2 is 1.71 bits per heavy atom. The van der Waals surface area contributed by atoms with E-state index >= 15 is 0 Å². The molecule has 6 nitrogen and oxygen atoms in total. The summed E-state index contributed by atoms with van der Waals surface area (Å²) in [7, 11) is 0. The topological polar surface area (TPSA) is 59.1 Å². The lowest BCUT2D eigenvalue weighted by Crippen LogP contribution is -2.50. The van der Waals surface area contributed by atoms with Gasteiger partial charge in [-0.1, -0.05) is 29.8 Å². The minimum Gasteiger partial charge on any atom is -0.482 e. The number of amides is 1. The maximum Gasteiger partial charge on any atom is 0.344 e. The fraction of sp³-hybridized carbons (Fsp3) is 0.333. The molecule has 0 bridgehead atoms. The lowest BCUT2D eigenvalue weighted by molar-refractivity contribution is -0.153. The van der Waals surface area contributed by atoms with E-state index in [0.717, 1.165) is 24.3 Å². The number of piperazine rings is 1. The zero-order chi connectivity index (χ0) is 19.9. The number of esters is 1. The van der Waals surface area contributed by atoms with Gasteiger partial charge in [-0.25, -0.2) is 4.79 Å². The maximum atomic E-state index is 12.3. The first-order valence-electron chi connectivity index (χ1n) is 9.15. The molecule has 3 rings (SSSR count). The van der Waals surface area contributed by atoms with Crippen LogP contribution in [-0.4, -0.2) is 56.2 Å². The SMILES string of the molecule is Cc1cc(OCC(=O)OCC(=O)N2CCN(c3ccccc3)CC2)ccc1Cl. The fourth-order valence-electron chi connectivity index (χ4n) is 2.98. The Labute approximate surface area is 169 Å². The zero-order valence-electron chi connectivity index (χ0n) is 15.8. The summed E-state index contributed by atoms with van der Waals surface area (Å²) in [6, 6.07) is 15.2. The third-order valence-electron chi connectivity index (χ3n) is 4.60. The Kier molecular flexibility index (Phi) is 6.76. The first-order chi connectivity index (χ1) is 13.5. The molecule has 28 heavy (non-hydrogen) atoms. The molecule has 1 saturated heterocycles. The summed E-state index contributed by atoms with van der Waals surface area (Å²) < 4.78 is 10.4. The van der Waals surface area contributed by atoms with Crippen molar-refractivity contribution in [2.24, 2.45) is 0 Å². The van der Waals surface area contributed by atoms with E-state index in [0.29, 0.717) is 23.9 Å². The lowest BCUT2D eigenvalue weighted by atomic mass is 10.2. The number of anilines is 1. The van der Waals surface area contributed by atoms with Gasteiger partial charge in [0.05, 0.1) is 0 Å². The smallest absolute Gasteiger partial charge is 0.344 e. The van der Waals surface area contributed by atoms with Crippen LogP contribution >= 0.6 is 11.6 Å². The van der Waals surface area contributed by atoms with Crippen LogP contribution in [0.2, 0.25) is 5.02 Å². The third-order valence-corrected chi connectivity index (χ3v) is 5.02. The van der Waals surface area contributed by atoms with E-state index in [-0.39, 0.29) is 19.1 Å². The van der Waals surface area contributed by atoms with Crippen molar-refractivity contribution in [3.05, 3.63) is 59.1 Å². The number of hydrogen-bond donors (Lipinski definition) is 0. The molecule has 0 unspecified atom stereocenters. The molecule has 7 heteroatoms. The second-order valence-corrected chi connectivity index (χ2v) is 6.97. The molecule has 2 aromatic carbocycles. The maximum absolute atomic E-state index is 12.3. The summed E-state index contributed by atoms with van der Waals surface area (Å²) >= 11 is 5.95. The number of rotatable bonds is 6. The predicted molar refractivity (Wildman–Crippen MR) is 108 cm³/mol. The summed E-state index contributed by atoms with van der Waals surface area (Å²) in [6.45, 7) is 4.04. The zero-order valence-corrected chi connectivity index (χ0v) is 16.5. The molecular weight excluding hydrogens is 380 g/mol. The van der Waals surface area contributed by atoms with Gasteiger partial charge in [0.2, 0.25) is 0 Å². The van der Waals surface area contributed by atoms with Gasteiger partial charge < -0.3 is 19.3 Å². The molecule has 0 atom stereocenters. The average molecular weight is 403 g/mol. The summed E-state index contributed by atoms with van der Waals surface area (Å²) in [6.07, 6.45) is 0. The molecule has 0 aromatic heterocycles. The molecule has 1 amide bonds. The Balaban J connectivity index is 1.38. The Morgan fingerprint density at radius 3 is 2.39 bits per heavy atom. The van der Waals surface area contributed by atoms with E-state index in [1.165, 1.54) is 0 Å². The minimum absolute atomic E-state index is 0.191. The van der Waals surface area contributed by atoms with Crippen LogP contribution in [0, 0.1) is 6.92 Å². The molecule has 1 aliphatic heterocycles. The van der Waals surface area contributed by atoms with Crippen molar-refractivity contribution in [2.75, 3.05) is 44.3 Å². The molecule has 0 N–H and O–H groups in total. The number of para-hydroxylation sites is 1. The van der Waals surface area contributed by atoms with Gasteiger partial charge in [-0.15, -0.1) is 0 Å². The summed E-state index contributed by atoms with van der Waals surface area (Å²) in [5.74, 6) is -0.241. The van der Waals surface area contributed by atoms with Gasteiger partial charge in [-0.2, -0.15) is 0 Å². The van der Waals surface area contributed by atoms with Gasteiger partial charge in [0, 0.05) is 36.9 Å². The summed E-state index contributed by atoms with van der Waals surface area (Å²) in [5, 5.41) is 0.632. The van der Waals surface area contributed by atoms with E-state index in [1.54, 1.807) is 23.1 Å². The van der Waals surface area contributed by atoms with Crippen molar-refractivity contribution in [2.45, 2.75) is 6.92 Å². The number of nitrogens with zero attached hydrogens (tertiary/aromatic N) is 2. The van der Waals surface area contributed by atoms with Gasteiger partial charge in [-0.05, 0) is 42.8 Å². The van der Waals surface area contributed by atoms with E-state index in [2.05, 4.69) is 17.0 Å². The molecule has 0 saturated carbocycles. The fourth-order valence-corrected chi connectivity index (χ4v) is 3.09. The van der Waals surface area contributed by atoms with E-state index < -0.39 is 5.97 Å². The molecule has 148 valence electrons. The predicted octanol–water partition coefficient (Wildman–Crippen LogP) is 2.92. The van der Waals surface area contributed by atoms with E-state index in [9.17, 15) is 9.59 Å². The highest BCUT2D eigenvalue weighted by Crippen LogP contribution is 2.21. The van der Waals surface area contributed by atoms with Gasteiger partial charge >= 0.3 is 5.97 Å². The van der Waals surface area contributed by atoms with Crippen molar-refractivity contribution in [3.8, 4) is 5.75 Å².